The van der Waals surface area contributed by atoms with E-state index in [-0.39, 0.29) is 16.8 Å². The highest BCUT2D eigenvalue weighted by atomic mass is 19.4. The molecule has 1 aliphatic rings. The molecule has 3 N–H and O–H groups in total. The van der Waals surface area contributed by atoms with E-state index in [9.17, 15) is 27.9 Å². The number of aryl methyl sites for hydroxylation is 1. The minimum atomic E-state index is -5.36. The minimum absolute atomic E-state index is 0.0389. The molecule has 2 amide bonds. The highest BCUT2D eigenvalue weighted by Crippen LogP contribution is 2.45. The van der Waals surface area contributed by atoms with E-state index in [1.165, 1.54) is 23.0 Å². The van der Waals surface area contributed by atoms with Crippen LogP contribution in [-0.4, -0.2) is 38.6 Å². The van der Waals surface area contributed by atoms with E-state index < -0.39 is 35.7 Å². The van der Waals surface area contributed by atoms with Crippen molar-refractivity contribution in [1.82, 2.24) is 20.4 Å². The molecule has 10 heteroatoms. The van der Waals surface area contributed by atoms with Crippen molar-refractivity contribution in [1.29, 1.82) is 0 Å². The number of ketones is 1. The summed E-state index contributed by atoms with van der Waals surface area (Å²) in [6, 6.07) is 20.7. The van der Waals surface area contributed by atoms with Crippen LogP contribution < -0.4 is 10.6 Å². The van der Waals surface area contributed by atoms with Crippen molar-refractivity contribution in [2.45, 2.75) is 24.9 Å². The molecule has 5 rings (SSSR count). The average molecular weight is 521 g/mol. The second-order valence-corrected chi connectivity index (χ2v) is 9.13. The molecular formula is C28H23F3N4O3. The lowest BCUT2D eigenvalue weighted by molar-refractivity contribution is -0.287. The summed E-state index contributed by atoms with van der Waals surface area (Å²) in [6.07, 6.45) is -3.89. The van der Waals surface area contributed by atoms with E-state index in [2.05, 4.69) is 10.4 Å². The van der Waals surface area contributed by atoms with Crippen LogP contribution in [0.5, 0.6) is 0 Å². The molecule has 38 heavy (non-hydrogen) atoms. The molecule has 1 aliphatic heterocycles. The first-order valence-corrected chi connectivity index (χ1v) is 11.8. The van der Waals surface area contributed by atoms with E-state index in [4.69, 9.17) is 0 Å². The molecule has 4 aromatic rings. The third-order valence-corrected chi connectivity index (χ3v) is 6.57. The SMILES string of the molecule is Cc1ccc(C(=O)[C@H]2[C@@H](c3cn(-c4ccccc4)nc3-c3ccccc3)NC(=O)N[C@]2(O)C(F)(F)F)cc1. The molecule has 3 aromatic carbocycles. The van der Waals surface area contributed by atoms with Crippen LogP contribution in [0.15, 0.2) is 91.1 Å². The van der Waals surface area contributed by atoms with Crippen LogP contribution in [0.3, 0.4) is 0 Å². The van der Waals surface area contributed by atoms with E-state index in [0.29, 0.717) is 11.3 Å². The Morgan fingerprint density at radius 2 is 1.58 bits per heavy atom. The number of aliphatic hydroxyl groups is 1. The van der Waals surface area contributed by atoms with Gasteiger partial charge in [-0.2, -0.15) is 18.3 Å². The number of alkyl halides is 3. The number of Topliss-reactive ketones (excluding diaryl/α,β-unsaturated/α-hetero) is 1. The number of hydrogen-bond donors (Lipinski definition) is 3. The van der Waals surface area contributed by atoms with Gasteiger partial charge in [0.05, 0.1) is 17.4 Å². The van der Waals surface area contributed by atoms with Gasteiger partial charge in [-0.3, -0.25) is 4.79 Å². The number of hydrogen-bond acceptors (Lipinski definition) is 4. The summed E-state index contributed by atoms with van der Waals surface area (Å²) in [5.41, 5.74) is -1.51. The molecule has 0 spiro atoms. The van der Waals surface area contributed by atoms with E-state index in [0.717, 1.165) is 5.56 Å². The normalized spacial score (nSPS) is 21.4. The lowest BCUT2D eigenvalue weighted by Crippen LogP contribution is -2.72. The van der Waals surface area contributed by atoms with Crippen molar-refractivity contribution >= 4 is 11.8 Å². The van der Waals surface area contributed by atoms with Gasteiger partial charge in [0.25, 0.3) is 0 Å². The molecule has 0 unspecified atom stereocenters. The van der Waals surface area contributed by atoms with Gasteiger partial charge in [0.1, 0.15) is 5.92 Å². The first kappa shape index (κ1) is 25.2. The van der Waals surface area contributed by atoms with Gasteiger partial charge in [-0.15, -0.1) is 0 Å². The molecule has 1 saturated heterocycles. The van der Waals surface area contributed by atoms with Gasteiger partial charge >= 0.3 is 12.2 Å². The Balaban J connectivity index is 1.73. The quantitative estimate of drug-likeness (QED) is 0.325. The topological polar surface area (TPSA) is 96.2 Å². The largest absolute Gasteiger partial charge is 0.437 e. The van der Waals surface area contributed by atoms with E-state index in [1.54, 1.807) is 85.0 Å². The number of carbonyl (C=O) groups excluding carboxylic acids is 2. The Hall–Kier alpha value is -4.44. The first-order valence-electron chi connectivity index (χ1n) is 11.8. The average Bonchev–Trinajstić information content (AvgIpc) is 3.34. The van der Waals surface area contributed by atoms with E-state index >= 15 is 0 Å². The molecule has 0 saturated carbocycles. The number of aromatic nitrogens is 2. The lowest BCUT2D eigenvalue weighted by Gasteiger charge is -2.44. The van der Waals surface area contributed by atoms with Crippen molar-refractivity contribution in [2.24, 2.45) is 5.92 Å². The molecule has 1 fully saturated rings. The van der Waals surface area contributed by atoms with Gasteiger partial charge in [0, 0.05) is 22.9 Å². The number of halogens is 3. The van der Waals surface area contributed by atoms with Gasteiger partial charge in [-0.25, -0.2) is 9.48 Å². The van der Waals surface area contributed by atoms with Crippen LogP contribution in [0.2, 0.25) is 0 Å². The third kappa shape index (κ3) is 4.43. The number of carbonyl (C=O) groups is 2. The summed E-state index contributed by atoms with van der Waals surface area (Å²) >= 11 is 0. The fourth-order valence-electron chi connectivity index (χ4n) is 4.64. The third-order valence-electron chi connectivity index (χ3n) is 6.57. The number of nitrogens with zero attached hydrogens (tertiary/aromatic N) is 2. The maximum absolute atomic E-state index is 14.4. The van der Waals surface area contributed by atoms with Crippen LogP contribution in [0, 0.1) is 12.8 Å². The second kappa shape index (κ2) is 9.46. The van der Waals surface area contributed by atoms with Gasteiger partial charge in [-0.05, 0) is 19.1 Å². The summed E-state index contributed by atoms with van der Waals surface area (Å²) < 4.78 is 44.7. The number of rotatable bonds is 5. The van der Waals surface area contributed by atoms with Crippen LogP contribution >= 0.6 is 0 Å². The van der Waals surface area contributed by atoms with Crippen molar-refractivity contribution in [3.05, 3.63) is 108 Å². The number of urea groups is 1. The predicted octanol–water partition coefficient (Wildman–Crippen LogP) is 4.95. The Bertz CT molecular complexity index is 1470. The van der Waals surface area contributed by atoms with Crippen LogP contribution in [0.25, 0.3) is 16.9 Å². The highest BCUT2D eigenvalue weighted by molar-refractivity contribution is 6.00. The molecule has 7 nitrogen and oxygen atoms in total. The summed E-state index contributed by atoms with van der Waals surface area (Å²) in [5, 5.41) is 19.6. The van der Waals surface area contributed by atoms with Gasteiger partial charge in [-0.1, -0.05) is 78.4 Å². The zero-order valence-corrected chi connectivity index (χ0v) is 20.1. The lowest BCUT2D eigenvalue weighted by atomic mass is 9.77. The Kier molecular flexibility index (Phi) is 6.28. The molecule has 194 valence electrons. The zero-order valence-electron chi connectivity index (χ0n) is 20.1. The van der Waals surface area contributed by atoms with Crippen LogP contribution in [0.4, 0.5) is 18.0 Å². The first-order chi connectivity index (χ1) is 18.1. The van der Waals surface area contributed by atoms with Crippen LogP contribution in [-0.2, 0) is 0 Å². The summed E-state index contributed by atoms with van der Waals surface area (Å²) in [4.78, 5) is 26.3. The van der Waals surface area contributed by atoms with Gasteiger partial charge < -0.3 is 15.7 Å². The fourth-order valence-corrected chi connectivity index (χ4v) is 4.64. The standard InChI is InChI=1S/C28H23F3N4O3/c1-17-12-14-19(15-13-17)25(36)22-24(32-26(37)33-27(22,38)28(29,30)31)21-16-35(20-10-6-3-7-11-20)34-23(21)18-8-4-2-5-9-18/h2-16,22,24,38H,1H3,(H2,32,33,37)/t22-,24-,27-/m1/s1. The molecular weight excluding hydrogens is 497 g/mol. The number of nitrogens with one attached hydrogen (secondary N) is 2. The van der Waals surface area contributed by atoms with Crippen molar-refractivity contribution in [3.8, 4) is 16.9 Å². The fraction of sp³-hybridized carbons (Fsp3) is 0.179. The molecule has 1 aromatic heterocycles. The second-order valence-electron chi connectivity index (χ2n) is 9.13. The zero-order chi connectivity index (χ0) is 27.1. The molecule has 0 bridgehead atoms. The summed E-state index contributed by atoms with van der Waals surface area (Å²) in [5.74, 6) is -3.16. The molecule has 0 radical (unpaired) electrons. The molecule has 0 aliphatic carbocycles. The van der Waals surface area contributed by atoms with Crippen molar-refractivity contribution in [3.63, 3.8) is 0 Å². The Labute approximate surface area is 215 Å². The highest BCUT2D eigenvalue weighted by Gasteiger charge is 2.66. The molecule has 2 heterocycles. The maximum atomic E-state index is 14.4. The number of benzene rings is 3. The van der Waals surface area contributed by atoms with Crippen molar-refractivity contribution < 1.29 is 27.9 Å². The summed E-state index contributed by atoms with van der Waals surface area (Å²) in [7, 11) is 0. The molecule has 3 atom stereocenters. The summed E-state index contributed by atoms with van der Waals surface area (Å²) in [6.45, 7) is 1.77. The Morgan fingerprint density at radius 1 is 0.974 bits per heavy atom. The Morgan fingerprint density at radius 3 is 2.18 bits per heavy atom. The monoisotopic (exact) mass is 520 g/mol. The number of amides is 2. The van der Waals surface area contributed by atoms with Crippen molar-refractivity contribution in [2.75, 3.05) is 0 Å². The number of para-hydroxylation sites is 1. The maximum Gasteiger partial charge on any atom is 0.437 e. The minimum Gasteiger partial charge on any atom is -0.363 e. The van der Waals surface area contributed by atoms with Gasteiger partial charge in [0.2, 0.25) is 5.72 Å². The smallest absolute Gasteiger partial charge is 0.363 e. The van der Waals surface area contributed by atoms with Crippen LogP contribution in [0.1, 0.15) is 27.5 Å². The van der Waals surface area contributed by atoms with E-state index in [1.807, 2.05) is 0 Å². The van der Waals surface area contributed by atoms with Gasteiger partial charge in [0.15, 0.2) is 5.78 Å². The predicted molar refractivity (Wildman–Crippen MR) is 133 cm³/mol.